The Hall–Kier alpha value is -0.840. The Morgan fingerprint density at radius 1 is 1.23 bits per heavy atom. The van der Waals surface area contributed by atoms with E-state index in [2.05, 4.69) is 0 Å². The highest BCUT2D eigenvalue weighted by Crippen LogP contribution is 2.43. The smallest absolute Gasteiger partial charge is 0.410 e. The Morgan fingerprint density at radius 3 is 2.32 bits per heavy atom. The van der Waals surface area contributed by atoms with Crippen molar-refractivity contribution in [1.82, 2.24) is 4.90 Å². The minimum atomic E-state index is -0.694. The van der Waals surface area contributed by atoms with Gasteiger partial charge in [0.25, 0.3) is 0 Å². The van der Waals surface area contributed by atoms with E-state index in [1.165, 1.54) is 0 Å². The molecule has 0 aromatic carbocycles. The van der Waals surface area contributed by atoms with Gasteiger partial charge in [-0.1, -0.05) is 12.8 Å². The van der Waals surface area contributed by atoms with Crippen LogP contribution < -0.4 is 0 Å². The summed E-state index contributed by atoms with van der Waals surface area (Å²) >= 11 is 0. The molecule has 2 unspecified atom stereocenters. The van der Waals surface area contributed by atoms with Gasteiger partial charge in [-0.05, 0) is 59.3 Å². The van der Waals surface area contributed by atoms with Crippen molar-refractivity contribution in [3.05, 3.63) is 0 Å². The number of hydrogen-bond donors (Lipinski definition) is 1. The van der Waals surface area contributed by atoms with Gasteiger partial charge in [0.2, 0.25) is 0 Å². The van der Waals surface area contributed by atoms with Gasteiger partial charge < -0.3 is 14.7 Å². The number of halogens is 1. The number of unbranched alkanes of at least 4 members (excludes halogenated alkanes) is 2. The monoisotopic (exact) mass is 315 g/mol. The van der Waals surface area contributed by atoms with Gasteiger partial charge in [-0.25, -0.2) is 4.79 Å². The number of ether oxygens (including phenoxy) is 1. The van der Waals surface area contributed by atoms with Crippen LogP contribution in [0.25, 0.3) is 0 Å². The summed E-state index contributed by atoms with van der Waals surface area (Å²) in [6.45, 7) is 5.34. The maximum Gasteiger partial charge on any atom is 0.410 e. The second-order valence-corrected chi connectivity index (χ2v) is 7.90. The summed E-state index contributed by atoms with van der Waals surface area (Å²) in [5.41, 5.74) is -1.18. The van der Waals surface area contributed by atoms with E-state index in [4.69, 9.17) is 4.74 Å². The molecule has 5 heteroatoms. The molecule has 0 spiro atoms. The maximum atomic E-state index is 12.4. The number of amides is 1. The Labute approximate surface area is 133 Å². The number of hydrogen-bond acceptors (Lipinski definition) is 3. The molecule has 2 heterocycles. The lowest BCUT2D eigenvalue weighted by Crippen LogP contribution is -2.54. The van der Waals surface area contributed by atoms with Crippen LogP contribution in [0.5, 0.6) is 0 Å². The van der Waals surface area contributed by atoms with Crippen LogP contribution in [0, 0.1) is 0 Å². The van der Waals surface area contributed by atoms with E-state index in [1.807, 2.05) is 25.7 Å². The van der Waals surface area contributed by atoms with Gasteiger partial charge in [0, 0.05) is 12.1 Å². The predicted octanol–water partition coefficient (Wildman–Crippen LogP) is 3.81. The molecule has 2 rings (SSSR count). The summed E-state index contributed by atoms with van der Waals surface area (Å²) in [5.74, 6) is 0. The molecule has 1 N–H and O–H groups in total. The standard InChI is InChI=1S/C17H30FNO3/c1-16(2,3)22-15(20)19-13-7-8-14(19)12-17(21,11-13)9-5-4-6-10-18/h13-14,21H,4-12H2,1-3H3. The number of alkyl halides is 1. The van der Waals surface area contributed by atoms with Crippen LogP contribution in [0.1, 0.15) is 72.1 Å². The number of rotatable bonds is 5. The Kier molecular flexibility index (Phi) is 5.36. The van der Waals surface area contributed by atoms with Crippen molar-refractivity contribution in [2.75, 3.05) is 6.67 Å². The van der Waals surface area contributed by atoms with Crippen molar-refractivity contribution < 1.29 is 19.0 Å². The Balaban J connectivity index is 1.92. The molecule has 128 valence electrons. The van der Waals surface area contributed by atoms with E-state index >= 15 is 0 Å². The van der Waals surface area contributed by atoms with Crippen LogP contribution in [0.3, 0.4) is 0 Å². The molecule has 0 aromatic rings. The van der Waals surface area contributed by atoms with E-state index in [-0.39, 0.29) is 24.9 Å². The molecule has 4 nitrogen and oxygen atoms in total. The first-order chi connectivity index (χ1) is 10.2. The summed E-state index contributed by atoms with van der Waals surface area (Å²) < 4.78 is 17.6. The zero-order valence-electron chi connectivity index (χ0n) is 14.1. The van der Waals surface area contributed by atoms with E-state index in [0.717, 1.165) is 25.7 Å². The number of aliphatic hydroxyl groups is 1. The fraction of sp³-hybridized carbons (Fsp3) is 0.941. The topological polar surface area (TPSA) is 49.8 Å². The lowest BCUT2D eigenvalue weighted by Gasteiger charge is -2.44. The number of carbonyl (C=O) groups is 1. The maximum absolute atomic E-state index is 12.4. The third-order valence-electron chi connectivity index (χ3n) is 4.73. The fourth-order valence-electron chi connectivity index (χ4n) is 3.86. The molecule has 2 fully saturated rings. The average molecular weight is 315 g/mol. The molecular formula is C17H30FNO3. The van der Waals surface area contributed by atoms with Gasteiger partial charge in [-0.3, -0.25) is 4.39 Å². The summed E-state index contributed by atoms with van der Waals surface area (Å²) in [5, 5.41) is 10.8. The number of nitrogens with zero attached hydrogens (tertiary/aromatic N) is 1. The van der Waals surface area contributed by atoms with Crippen molar-refractivity contribution in [2.45, 2.75) is 95.4 Å². The van der Waals surface area contributed by atoms with Crippen molar-refractivity contribution in [3.63, 3.8) is 0 Å². The lowest BCUT2D eigenvalue weighted by atomic mass is 9.82. The normalized spacial score (nSPS) is 31.4. The predicted molar refractivity (Wildman–Crippen MR) is 83.5 cm³/mol. The van der Waals surface area contributed by atoms with Crippen molar-refractivity contribution in [2.24, 2.45) is 0 Å². The molecule has 1 amide bonds. The molecule has 2 bridgehead atoms. The highest BCUT2D eigenvalue weighted by molar-refractivity contribution is 5.69. The molecular weight excluding hydrogens is 285 g/mol. The van der Waals surface area contributed by atoms with Gasteiger partial charge in [-0.2, -0.15) is 0 Å². The van der Waals surface area contributed by atoms with Crippen LogP contribution in [0.4, 0.5) is 9.18 Å². The summed E-state index contributed by atoms with van der Waals surface area (Å²) in [6, 6.07) is 0.166. The van der Waals surface area contributed by atoms with Crippen molar-refractivity contribution in [3.8, 4) is 0 Å². The molecule has 0 aliphatic carbocycles. The minimum Gasteiger partial charge on any atom is -0.444 e. The second kappa shape index (κ2) is 6.73. The van der Waals surface area contributed by atoms with E-state index in [9.17, 15) is 14.3 Å². The molecule has 0 radical (unpaired) electrons. The molecule has 2 aliphatic rings. The highest BCUT2D eigenvalue weighted by atomic mass is 19.1. The SMILES string of the molecule is CC(C)(C)OC(=O)N1C2CCC1CC(O)(CCCCCF)C2. The molecule has 0 saturated carbocycles. The molecule has 0 aromatic heterocycles. The van der Waals surface area contributed by atoms with Crippen LogP contribution in [-0.2, 0) is 4.74 Å². The first kappa shape index (κ1) is 17.5. The third kappa shape index (κ3) is 4.34. The van der Waals surface area contributed by atoms with Crippen LogP contribution in [0.2, 0.25) is 0 Å². The number of piperidine rings is 1. The average Bonchev–Trinajstić information content (AvgIpc) is 2.67. The first-order valence-corrected chi connectivity index (χ1v) is 8.54. The van der Waals surface area contributed by atoms with Gasteiger partial charge in [-0.15, -0.1) is 0 Å². The van der Waals surface area contributed by atoms with Crippen LogP contribution in [-0.4, -0.2) is 46.1 Å². The molecule has 22 heavy (non-hydrogen) atoms. The van der Waals surface area contributed by atoms with E-state index in [0.29, 0.717) is 25.7 Å². The summed E-state index contributed by atoms with van der Waals surface area (Å²) in [6.07, 6.45) is 5.84. The van der Waals surface area contributed by atoms with E-state index in [1.54, 1.807) is 0 Å². The quantitative estimate of drug-likeness (QED) is 0.785. The molecule has 2 atom stereocenters. The Bertz CT molecular complexity index is 380. The van der Waals surface area contributed by atoms with Crippen LogP contribution in [0.15, 0.2) is 0 Å². The van der Waals surface area contributed by atoms with Gasteiger partial charge in [0.1, 0.15) is 5.60 Å². The number of fused-ring (bicyclic) bond motifs is 2. The van der Waals surface area contributed by atoms with Crippen molar-refractivity contribution >= 4 is 6.09 Å². The minimum absolute atomic E-state index is 0.0831. The van der Waals surface area contributed by atoms with Gasteiger partial charge in [0.05, 0.1) is 12.3 Å². The second-order valence-electron chi connectivity index (χ2n) is 7.90. The number of carbonyl (C=O) groups excluding carboxylic acids is 1. The third-order valence-corrected chi connectivity index (χ3v) is 4.73. The zero-order valence-corrected chi connectivity index (χ0v) is 14.1. The van der Waals surface area contributed by atoms with Gasteiger partial charge >= 0.3 is 6.09 Å². The van der Waals surface area contributed by atoms with E-state index < -0.39 is 11.2 Å². The van der Waals surface area contributed by atoms with Crippen molar-refractivity contribution in [1.29, 1.82) is 0 Å². The molecule has 2 aliphatic heterocycles. The first-order valence-electron chi connectivity index (χ1n) is 8.54. The fourth-order valence-corrected chi connectivity index (χ4v) is 3.86. The van der Waals surface area contributed by atoms with Crippen LogP contribution >= 0.6 is 0 Å². The van der Waals surface area contributed by atoms with Gasteiger partial charge in [0.15, 0.2) is 0 Å². The Morgan fingerprint density at radius 2 is 1.82 bits per heavy atom. The largest absolute Gasteiger partial charge is 0.444 e. The summed E-state index contributed by atoms with van der Waals surface area (Å²) in [4.78, 5) is 14.2. The summed E-state index contributed by atoms with van der Waals surface area (Å²) in [7, 11) is 0. The lowest BCUT2D eigenvalue weighted by molar-refractivity contribution is -0.0636. The molecule has 2 saturated heterocycles. The zero-order chi connectivity index (χ0) is 16.4. The highest BCUT2D eigenvalue weighted by Gasteiger charge is 2.49.